The molecule has 0 aromatic carbocycles. The van der Waals surface area contributed by atoms with Gasteiger partial charge >= 0.3 is 5.97 Å². The maximum Gasteiger partial charge on any atom is 0.354 e. The summed E-state index contributed by atoms with van der Waals surface area (Å²) in [6, 6.07) is 2.34. The summed E-state index contributed by atoms with van der Waals surface area (Å²) in [4.78, 5) is 48.8. The number of primary amides is 2. The molecule has 0 fully saturated rings. The molecule has 0 bridgehead atoms. The quantitative estimate of drug-likeness (QED) is 0.557. The first-order valence-corrected chi connectivity index (χ1v) is 5.36. The number of hydrogen-bond donors (Lipinski definition) is 3. The fraction of sp³-hybridized carbons (Fsp3) is 0.182. The zero-order chi connectivity index (χ0) is 15.3. The van der Waals surface area contributed by atoms with E-state index < -0.39 is 36.8 Å². The second kappa shape index (κ2) is 6.27. The van der Waals surface area contributed by atoms with Gasteiger partial charge in [0.05, 0.1) is 5.56 Å². The van der Waals surface area contributed by atoms with E-state index in [0.717, 1.165) is 17.2 Å². The van der Waals surface area contributed by atoms with Crippen LogP contribution < -0.4 is 11.5 Å². The smallest absolute Gasteiger partial charge is 0.354 e. The molecule has 0 aliphatic rings. The Morgan fingerprint density at radius 1 is 1.10 bits per heavy atom. The number of carboxylic acid groups (broad SMARTS) is 1. The van der Waals surface area contributed by atoms with Gasteiger partial charge in [0.2, 0.25) is 11.8 Å². The molecule has 1 aromatic heterocycles. The first kappa shape index (κ1) is 15.1. The molecule has 1 heterocycles. The van der Waals surface area contributed by atoms with Gasteiger partial charge in [0.15, 0.2) is 0 Å². The summed E-state index contributed by atoms with van der Waals surface area (Å²) >= 11 is 0. The average Bonchev–Trinajstić information content (AvgIpc) is 2.36. The van der Waals surface area contributed by atoms with Crippen molar-refractivity contribution in [3.05, 3.63) is 29.6 Å². The SMILES string of the molecule is NC(=O)CN(CC(N)=O)C(=O)c1ccc(C(=O)O)nc1. The van der Waals surface area contributed by atoms with Crippen LogP contribution in [0.2, 0.25) is 0 Å². The third kappa shape index (κ3) is 4.05. The maximum atomic E-state index is 12.0. The van der Waals surface area contributed by atoms with Crippen molar-refractivity contribution in [1.29, 1.82) is 0 Å². The molecule has 5 N–H and O–H groups in total. The molecule has 1 rings (SSSR count). The van der Waals surface area contributed by atoms with E-state index >= 15 is 0 Å². The van der Waals surface area contributed by atoms with Gasteiger partial charge in [-0.3, -0.25) is 14.4 Å². The minimum absolute atomic E-state index is 0.0116. The van der Waals surface area contributed by atoms with Crippen molar-refractivity contribution >= 4 is 23.7 Å². The third-order valence-corrected chi connectivity index (χ3v) is 2.21. The van der Waals surface area contributed by atoms with Crippen LogP contribution in [0, 0.1) is 0 Å². The van der Waals surface area contributed by atoms with Gasteiger partial charge in [-0.2, -0.15) is 0 Å². The summed E-state index contributed by atoms with van der Waals surface area (Å²) in [5, 5.41) is 8.68. The molecule has 3 amide bonds. The van der Waals surface area contributed by atoms with E-state index in [1.54, 1.807) is 0 Å². The van der Waals surface area contributed by atoms with Crippen molar-refractivity contribution in [3.63, 3.8) is 0 Å². The van der Waals surface area contributed by atoms with E-state index in [1.807, 2.05) is 0 Å². The number of rotatable bonds is 6. The number of aromatic carboxylic acids is 1. The second-order valence-corrected chi connectivity index (χ2v) is 3.83. The van der Waals surface area contributed by atoms with Crippen LogP contribution in [-0.4, -0.2) is 51.8 Å². The lowest BCUT2D eigenvalue weighted by atomic mass is 10.2. The lowest BCUT2D eigenvalue weighted by Crippen LogP contribution is -2.43. The minimum Gasteiger partial charge on any atom is -0.477 e. The fourth-order valence-electron chi connectivity index (χ4n) is 1.41. The number of aromatic nitrogens is 1. The predicted molar refractivity (Wildman–Crippen MR) is 65.5 cm³/mol. The molecule has 0 atom stereocenters. The third-order valence-electron chi connectivity index (χ3n) is 2.21. The van der Waals surface area contributed by atoms with Gasteiger partial charge in [0.1, 0.15) is 18.8 Å². The Hall–Kier alpha value is -2.97. The summed E-state index contributed by atoms with van der Waals surface area (Å²) in [5.41, 5.74) is 9.71. The van der Waals surface area contributed by atoms with Gasteiger partial charge in [-0.15, -0.1) is 0 Å². The Bertz CT molecular complexity index is 538. The highest BCUT2D eigenvalue weighted by molar-refractivity contribution is 5.98. The van der Waals surface area contributed by atoms with E-state index in [4.69, 9.17) is 16.6 Å². The number of carbonyl (C=O) groups is 4. The average molecular weight is 280 g/mol. The molecule has 0 saturated heterocycles. The standard InChI is InChI=1S/C11H12N4O5/c12-8(16)4-15(5-9(13)17)10(18)6-1-2-7(11(19)20)14-3-6/h1-3H,4-5H2,(H2,12,16)(H2,13,17)(H,19,20). The molecular formula is C11H12N4O5. The largest absolute Gasteiger partial charge is 0.477 e. The summed E-state index contributed by atoms with van der Waals surface area (Å²) in [7, 11) is 0. The Kier molecular flexibility index (Phi) is 4.73. The van der Waals surface area contributed by atoms with Gasteiger partial charge < -0.3 is 21.5 Å². The van der Waals surface area contributed by atoms with Crippen LogP contribution in [0.1, 0.15) is 20.8 Å². The van der Waals surface area contributed by atoms with E-state index in [1.165, 1.54) is 6.07 Å². The Morgan fingerprint density at radius 2 is 1.65 bits per heavy atom. The summed E-state index contributed by atoms with van der Waals surface area (Å²) in [6.07, 6.45) is 1.03. The highest BCUT2D eigenvalue weighted by atomic mass is 16.4. The Morgan fingerprint density at radius 3 is 2.00 bits per heavy atom. The van der Waals surface area contributed by atoms with E-state index in [-0.39, 0.29) is 11.3 Å². The van der Waals surface area contributed by atoms with Crippen molar-refractivity contribution in [2.24, 2.45) is 11.5 Å². The number of pyridine rings is 1. The molecule has 0 unspecified atom stereocenters. The monoisotopic (exact) mass is 280 g/mol. The van der Waals surface area contributed by atoms with Crippen LogP contribution >= 0.6 is 0 Å². The summed E-state index contributed by atoms with van der Waals surface area (Å²) < 4.78 is 0. The molecule has 0 radical (unpaired) electrons. The first-order chi connectivity index (χ1) is 9.31. The number of carbonyl (C=O) groups excluding carboxylic acids is 3. The lowest BCUT2D eigenvalue weighted by molar-refractivity contribution is -0.121. The number of hydrogen-bond acceptors (Lipinski definition) is 5. The Labute approximate surface area is 113 Å². The molecule has 9 heteroatoms. The normalized spacial score (nSPS) is 9.80. The molecule has 20 heavy (non-hydrogen) atoms. The predicted octanol–water partition coefficient (Wildman–Crippen LogP) is -1.81. The van der Waals surface area contributed by atoms with Crippen molar-refractivity contribution in [2.75, 3.05) is 13.1 Å². The molecule has 0 aliphatic carbocycles. The van der Waals surface area contributed by atoms with Crippen molar-refractivity contribution < 1.29 is 24.3 Å². The van der Waals surface area contributed by atoms with Crippen LogP contribution in [0.4, 0.5) is 0 Å². The van der Waals surface area contributed by atoms with E-state index in [9.17, 15) is 19.2 Å². The summed E-state index contributed by atoms with van der Waals surface area (Å²) in [6.45, 7) is -0.967. The van der Waals surface area contributed by atoms with Gasteiger partial charge in [-0.05, 0) is 12.1 Å². The fourth-order valence-corrected chi connectivity index (χ4v) is 1.41. The summed E-state index contributed by atoms with van der Waals surface area (Å²) in [5.74, 6) is -3.56. The molecule has 0 spiro atoms. The lowest BCUT2D eigenvalue weighted by Gasteiger charge is -2.19. The number of amides is 3. The van der Waals surface area contributed by atoms with Gasteiger partial charge in [-0.1, -0.05) is 0 Å². The number of nitrogens with two attached hydrogens (primary N) is 2. The molecule has 0 aliphatic heterocycles. The van der Waals surface area contributed by atoms with Crippen LogP contribution in [0.3, 0.4) is 0 Å². The van der Waals surface area contributed by atoms with Gasteiger partial charge in [0, 0.05) is 6.20 Å². The zero-order valence-electron chi connectivity index (χ0n) is 10.3. The van der Waals surface area contributed by atoms with E-state index in [2.05, 4.69) is 4.98 Å². The highest BCUT2D eigenvalue weighted by Gasteiger charge is 2.20. The van der Waals surface area contributed by atoms with Crippen molar-refractivity contribution in [3.8, 4) is 0 Å². The maximum absolute atomic E-state index is 12.0. The molecule has 0 saturated carbocycles. The number of nitrogens with zero attached hydrogens (tertiary/aromatic N) is 2. The van der Waals surface area contributed by atoms with E-state index in [0.29, 0.717) is 0 Å². The number of carboxylic acids is 1. The molecule has 9 nitrogen and oxygen atoms in total. The minimum atomic E-state index is -1.24. The van der Waals surface area contributed by atoms with Crippen LogP contribution in [0.25, 0.3) is 0 Å². The van der Waals surface area contributed by atoms with Crippen molar-refractivity contribution in [2.45, 2.75) is 0 Å². The first-order valence-electron chi connectivity index (χ1n) is 5.36. The van der Waals surface area contributed by atoms with Crippen LogP contribution in [0.15, 0.2) is 18.3 Å². The zero-order valence-corrected chi connectivity index (χ0v) is 10.3. The van der Waals surface area contributed by atoms with Crippen LogP contribution in [-0.2, 0) is 9.59 Å². The molecule has 106 valence electrons. The van der Waals surface area contributed by atoms with Crippen molar-refractivity contribution in [1.82, 2.24) is 9.88 Å². The van der Waals surface area contributed by atoms with Gasteiger partial charge in [0.25, 0.3) is 5.91 Å². The molecule has 1 aromatic rings. The topological polar surface area (TPSA) is 157 Å². The van der Waals surface area contributed by atoms with Gasteiger partial charge in [-0.25, -0.2) is 9.78 Å². The highest BCUT2D eigenvalue weighted by Crippen LogP contribution is 2.05. The molecular weight excluding hydrogens is 268 g/mol. The van der Waals surface area contributed by atoms with Crippen LogP contribution in [0.5, 0.6) is 0 Å². The Balaban J connectivity index is 2.95. The second-order valence-electron chi connectivity index (χ2n) is 3.83.